The van der Waals surface area contributed by atoms with E-state index in [0.717, 1.165) is 11.8 Å². The fourth-order valence-electron chi connectivity index (χ4n) is 3.69. The summed E-state index contributed by atoms with van der Waals surface area (Å²) >= 11 is 0. The van der Waals surface area contributed by atoms with Crippen LogP contribution in [-0.4, -0.2) is 0 Å². The Hall–Kier alpha value is -1.30. The maximum atomic E-state index is 2.40. The first kappa shape index (κ1) is 11.8. The molecule has 1 aliphatic rings. The maximum Gasteiger partial charge on any atom is -0.00867 e. The van der Waals surface area contributed by atoms with Gasteiger partial charge in [0, 0.05) is 0 Å². The monoisotopic (exact) mass is 238 g/mol. The van der Waals surface area contributed by atoms with Crippen molar-refractivity contribution in [1.29, 1.82) is 0 Å². The fraction of sp³-hybridized carbons (Fsp3) is 0.444. The van der Waals surface area contributed by atoms with Gasteiger partial charge in [0.05, 0.1) is 0 Å². The van der Waals surface area contributed by atoms with Gasteiger partial charge in [-0.3, -0.25) is 0 Å². The summed E-state index contributed by atoms with van der Waals surface area (Å²) in [7, 11) is 0. The molecule has 0 aliphatic heterocycles. The molecule has 2 aromatic rings. The molecule has 94 valence electrons. The quantitative estimate of drug-likeness (QED) is 0.652. The second-order valence-electron chi connectivity index (χ2n) is 5.76. The molecular formula is C18H22. The van der Waals surface area contributed by atoms with E-state index >= 15 is 0 Å². The lowest BCUT2D eigenvalue weighted by Gasteiger charge is -2.40. The third kappa shape index (κ3) is 1.44. The molecule has 0 saturated heterocycles. The Labute approximate surface area is 110 Å². The minimum Gasteiger partial charge on any atom is -0.0648 e. The topological polar surface area (TPSA) is 0 Å². The van der Waals surface area contributed by atoms with Gasteiger partial charge in [-0.15, -0.1) is 0 Å². The summed E-state index contributed by atoms with van der Waals surface area (Å²) in [5.74, 6) is 1.59. The van der Waals surface area contributed by atoms with Crippen LogP contribution in [0, 0.1) is 13.8 Å². The van der Waals surface area contributed by atoms with E-state index < -0.39 is 0 Å². The molecule has 18 heavy (non-hydrogen) atoms. The number of hydrogen-bond acceptors (Lipinski definition) is 0. The van der Waals surface area contributed by atoms with E-state index in [9.17, 15) is 0 Å². The molecule has 3 rings (SSSR count). The van der Waals surface area contributed by atoms with Crippen LogP contribution in [0.1, 0.15) is 60.8 Å². The normalized spacial score (nSPS) is 21.8. The molecule has 0 heterocycles. The first-order valence-electron chi connectivity index (χ1n) is 7.21. The zero-order valence-corrected chi connectivity index (χ0v) is 11.9. The highest BCUT2D eigenvalue weighted by atomic mass is 14.4. The minimum atomic E-state index is 0.788. The zero-order chi connectivity index (χ0) is 12.9. The molecular weight excluding hydrogens is 216 g/mol. The lowest BCUT2D eigenvalue weighted by molar-refractivity contribution is 0.450. The molecule has 0 amide bonds. The summed E-state index contributed by atoms with van der Waals surface area (Å²) in [5.41, 5.74) is 6.08. The zero-order valence-electron chi connectivity index (χ0n) is 11.9. The maximum absolute atomic E-state index is 2.40. The first-order valence-corrected chi connectivity index (χ1v) is 7.21. The van der Waals surface area contributed by atoms with Crippen molar-refractivity contribution in [2.45, 2.75) is 52.4 Å². The molecule has 0 fully saturated rings. The van der Waals surface area contributed by atoms with Crippen molar-refractivity contribution >= 4 is 10.8 Å². The lowest BCUT2D eigenvalue weighted by Crippen LogP contribution is -2.23. The average Bonchev–Trinajstić information content (AvgIpc) is 2.33. The Morgan fingerprint density at radius 1 is 0.889 bits per heavy atom. The Bertz CT molecular complexity index is 607. The highest BCUT2D eigenvalue weighted by Crippen LogP contribution is 2.53. The molecule has 0 radical (unpaired) electrons. The van der Waals surface area contributed by atoms with Crippen molar-refractivity contribution < 1.29 is 0 Å². The molecule has 1 aliphatic carbocycles. The van der Waals surface area contributed by atoms with Crippen LogP contribution in [0.5, 0.6) is 0 Å². The van der Waals surface area contributed by atoms with Gasteiger partial charge in [-0.2, -0.15) is 0 Å². The van der Waals surface area contributed by atoms with Crippen LogP contribution in [0.4, 0.5) is 0 Å². The Morgan fingerprint density at radius 3 is 2.22 bits per heavy atom. The predicted octanol–water partition coefficient (Wildman–Crippen LogP) is 5.46. The van der Waals surface area contributed by atoms with Crippen LogP contribution in [-0.2, 0) is 0 Å². The molecule has 0 N–H and O–H groups in total. The number of fused-ring (bicyclic) bond motifs is 3. The average molecular weight is 238 g/mol. The van der Waals surface area contributed by atoms with E-state index in [2.05, 4.69) is 52.0 Å². The van der Waals surface area contributed by atoms with Gasteiger partial charge >= 0.3 is 0 Å². The van der Waals surface area contributed by atoms with Crippen molar-refractivity contribution in [3.63, 3.8) is 0 Å². The van der Waals surface area contributed by atoms with E-state index in [-0.39, 0.29) is 0 Å². The van der Waals surface area contributed by atoms with E-state index in [1.165, 1.54) is 34.7 Å². The second-order valence-corrected chi connectivity index (χ2v) is 5.76. The third-order valence-electron chi connectivity index (χ3n) is 4.85. The smallest absolute Gasteiger partial charge is 0.00867 e. The number of rotatable bonds is 2. The van der Waals surface area contributed by atoms with Gasteiger partial charge in [0.1, 0.15) is 0 Å². The summed E-state index contributed by atoms with van der Waals surface area (Å²) in [4.78, 5) is 0. The van der Waals surface area contributed by atoms with Gasteiger partial charge in [0.15, 0.2) is 0 Å². The molecule has 2 atom stereocenters. The molecule has 0 spiro atoms. The Kier molecular flexibility index (Phi) is 2.69. The van der Waals surface area contributed by atoms with Gasteiger partial charge in [-0.1, -0.05) is 38.1 Å². The molecule has 0 saturated carbocycles. The van der Waals surface area contributed by atoms with E-state index in [4.69, 9.17) is 0 Å². The van der Waals surface area contributed by atoms with Gasteiger partial charge < -0.3 is 0 Å². The molecule has 0 heteroatoms. The molecule has 0 aromatic heterocycles. The highest BCUT2D eigenvalue weighted by molar-refractivity contribution is 5.90. The van der Waals surface area contributed by atoms with Crippen molar-refractivity contribution in [2.75, 3.05) is 0 Å². The van der Waals surface area contributed by atoms with Gasteiger partial charge in [-0.25, -0.2) is 0 Å². The molecule has 2 aromatic carbocycles. The van der Waals surface area contributed by atoms with Crippen molar-refractivity contribution in [1.82, 2.24) is 0 Å². The summed E-state index contributed by atoms with van der Waals surface area (Å²) in [6.07, 6.45) is 2.55. The fourth-order valence-corrected chi connectivity index (χ4v) is 3.69. The molecule has 0 bridgehead atoms. The van der Waals surface area contributed by atoms with Gasteiger partial charge in [-0.05, 0) is 71.6 Å². The highest BCUT2D eigenvalue weighted by Gasteiger charge is 2.36. The standard InChI is InChI=1S/C18H22/c1-5-14-15(6-2)18-16(14)8-7-13-9-11(3)12(4)10-17(13)18/h7-10,14-15H,5-6H2,1-4H3/t14-,15-/m0/s1. The van der Waals surface area contributed by atoms with Crippen molar-refractivity contribution in [3.05, 3.63) is 46.5 Å². The number of aryl methyl sites for hydroxylation is 2. The van der Waals surface area contributed by atoms with Crippen LogP contribution >= 0.6 is 0 Å². The number of benzene rings is 2. The molecule has 0 unspecified atom stereocenters. The molecule has 0 nitrogen and oxygen atoms in total. The van der Waals surface area contributed by atoms with Gasteiger partial charge in [0.25, 0.3) is 0 Å². The Balaban J connectivity index is 2.27. The minimum absolute atomic E-state index is 0.788. The van der Waals surface area contributed by atoms with Crippen LogP contribution in [0.2, 0.25) is 0 Å². The summed E-state index contributed by atoms with van der Waals surface area (Å²) in [6, 6.07) is 9.43. The first-order chi connectivity index (χ1) is 8.67. The Morgan fingerprint density at radius 2 is 1.56 bits per heavy atom. The summed E-state index contributed by atoms with van der Waals surface area (Å²) in [6.45, 7) is 9.09. The van der Waals surface area contributed by atoms with Crippen molar-refractivity contribution in [2.24, 2.45) is 0 Å². The summed E-state index contributed by atoms with van der Waals surface area (Å²) in [5, 5.41) is 2.93. The van der Waals surface area contributed by atoms with Gasteiger partial charge in [0.2, 0.25) is 0 Å². The van der Waals surface area contributed by atoms with E-state index in [0.29, 0.717) is 0 Å². The van der Waals surface area contributed by atoms with E-state index in [1.54, 1.807) is 11.1 Å². The van der Waals surface area contributed by atoms with E-state index in [1.807, 2.05) is 0 Å². The van der Waals surface area contributed by atoms with Crippen molar-refractivity contribution in [3.8, 4) is 0 Å². The van der Waals surface area contributed by atoms with Crippen LogP contribution in [0.15, 0.2) is 24.3 Å². The van der Waals surface area contributed by atoms with Crippen LogP contribution < -0.4 is 0 Å². The second kappa shape index (κ2) is 4.12. The lowest BCUT2D eigenvalue weighted by atomic mass is 9.64. The summed E-state index contributed by atoms with van der Waals surface area (Å²) < 4.78 is 0. The van der Waals surface area contributed by atoms with Crippen LogP contribution in [0.25, 0.3) is 10.8 Å². The third-order valence-corrected chi connectivity index (χ3v) is 4.85. The predicted molar refractivity (Wildman–Crippen MR) is 79.5 cm³/mol. The SMILES string of the molecule is CC[C@@H]1c2ccc3cc(C)c(C)cc3c2[C@H]1CC. The number of hydrogen-bond donors (Lipinski definition) is 0. The van der Waals surface area contributed by atoms with Crippen LogP contribution in [0.3, 0.4) is 0 Å². The largest absolute Gasteiger partial charge is 0.0648 e.